The highest BCUT2D eigenvalue weighted by Crippen LogP contribution is 2.50. The second-order valence-corrected chi connectivity index (χ2v) is 5.62. The van der Waals surface area contributed by atoms with E-state index in [-0.39, 0.29) is 5.54 Å². The molecule has 0 aromatic carbocycles. The molecule has 2 fully saturated rings. The summed E-state index contributed by atoms with van der Waals surface area (Å²) in [5.74, 6) is 2.66. The van der Waals surface area contributed by atoms with Crippen molar-refractivity contribution in [2.45, 2.75) is 57.9 Å². The van der Waals surface area contributed by atoms with Gasteiger partial charge in [0.1, 0.15) is 0 Å². The van der Waals surface area contributed by atoms with E-state index < -0.39 is 0 Å². The zero-order chi connectivity index (χ0) is 9.47. The van der Waals surface area contributed by atoms with Gasteiger partial charge >= 0.3 is 0 Å². The summed E-state index contributed by atoms with van der Waals surface area (Å²) in [5.41, 5.74) is 6.57. The van der Waals surface area contributed by atoms with Crippen LogP contribution in [0.5, 0.6) is 0 Å². The Balaban J connectivity index is 1.70. The predicted octanol–water partition coefficient (Wildman–Crippen LogP) is 2.94. The molecular weight excluding hydrogens is 158 g/mol. The molecular formula is C12H23N. The Bertz CT molecular complexity index is 184. The van der Waals surface area contributed by atoms with Crippen LogP contribution in [0.4, 0.5) is 0 Å². The molecule has 2 unspecified atom stereocenters. The standard InChI is InChI=1S/C12H23N/c1-9(2)11-8-12(11,13)7-6-10-4-3-5-10/h9-11H,3-8,13H2,1-2H3. The maximum absolute atomic E-state index is 6.32. The van der Waals surface area contributed by atoms with Crippen molar-refractivity contribution < 1.29 is 0 Å². The van der Waals surface area contributed by atoms with E-state index in [1.807, 2.05) is 0 Å². The lowest BCUT2D eigenvalue weighted by atomic mass is 9.80. The van der Waals surface area contributed by atoms with Crippen molar-refractivity contribution in [1.29, 1.82) is 0 Å². The fourth-order valence-corrected chi connectivity index (χ4v) is 2.79. The van der Waals surface area contributed by atoms with E-state index in [1.54, 1.807) is 0 Å². The Morgan fingerprint density at radius 2 is 2.08 bits per heavy atom. The van der Waals surface area contributed by atoms with Gasteiger partial charge in [-0.15, -0.1) is 0 Å². The van der Waals surface area contributed by atoms with Crippen molar-refractivity contribution in [3.63, 3.8) is 0 Å². The largest absolute Gasteiger partial charge is 0.325 e. The third-order valence-electron chi connectivity index (χ3n) is 4.23. The maximum Gasteiger partial charge on any atom is 0.0189 e. The minimum atomic E-state index is 0.254. The highest BCUT2D eigenvalue weighted by atomic mass is 14.9. The second kappa shape index (κ2) is 3.27. The Hall–Kier alpha value is -0.0400. The lowest BCUT2D eigenvalue weighted by Crippen LogP contribution is -2.28. The SMILES string of the molecule is CC(C)C1CC1(N)CCC1CCC1. The van der Waals surface area contributed by atoms with Gasteiger partial charge in [-0.05, 0) is 37.0 Å². The van der Waals surface area contributed by atoms with E-state index >= 15 is 0 Å². The topological polar surface area (TPSA) is 26.0 Å². The zero-order valence-corrected chi connectivity index (χ0v) is 9.05. The van der Waals surface area contributed by atoms with Crippen LogP contribution in [0.25, 0.3) is 0 Å². The molecule has 0 aromatic rings. The van der Waals surface area contributed by atoms with E-state index in [2.05, 4.69) is 13.8 Å². The average molecular weight is 181 g/mol. The average Bonchev–Trinajstić information content (AvgIpc) is 2.59. The van der Waals surface area contributed by atoms with Gasteiger partial charge in [0.05, 0.1) is 0 Å². The summed E-state index contributed by atoms with van der Waals surface area (Å²) in [6, 6.07) is 0. The lowest BCUT2D eigenvalue weighted by molar-refractivity contribution is 0.273. The van der Waals surface area contributed by atoms with Gasteiger partial charge in [0.15, 0.2) is 0 Å². The monoisotopic (exact) mass is 181 g/mol. The normalized spacial score (nSPS) is 39.2. The van der Waals surface area contributed by atoms with Gasteiger partial charge in [-0.25, -0.2) is 0 Å². The molecule has 2 rings (SSSR count). The molecule has 0 aliphatic heterocycles. The van der Waals surface area contributed by atoms with Gasteiger partial charge in [-0.1, -0.05) is 33.1 Å². The molecule has 0 saturated heterocycles. The van der Waals surface area contributed by atoms with Gasteiger partial charge in [-0.2, -0.15) is 0 Å². The molecule has 0 spiro atoms. The van der Waals surface area contributed by atoms with Crippen LogP contribution in [0.3, 0.4) is 0 Å². The van der Waals surface area contributed by atoms with Gasteiger partial charge in [0, 0.05) is 5.54 Å². The van der Waals surface area contributed by atoms with Crippen molar-refractivity contribution in [1.82, 2.24) is 0 Å². The molecule has 2 aliphatic rings. The third kappa shape index (κ3) is 1.90. The van der Waals surface area contributed by atoms with Crippen LogP contribution in [-0.4, -0.2) is 5.54 Å². The first kappa shape index (κ1) is 9.51. The minimum absolute atomic E-state index is 0.254. The van der Waals surface area contributed by atoms with E-state index in [0.717, 1.165) is 17.8 Å². The molecule has 1 heteroatoms. The molecule has 2 atom stereocenters. The number of nitrogens with two attached hydrogens (primary N) is 1. The van der Waals surface area contributed by atoms with Crippen LogP contribution in [0.15, 0.2) is 0 Å². The molecule has 0 radical (unpaired) electrons. The van der Waals surface area contributed by atoms with Crippen molar-refractivity contribution in [3.05, 3.63) is 0 Å². The summed E-state index contributed by atoms with van der Waals surface area (Å²) < 4.78 is 0. The van der Waals surface area contributed by atoms with Crippen LogP contribution in [0.1, 0.15) is 52.4 Å². The highest BCUT2D eigenvalue weighted by molar-refractivity contribution is 5.08. The first-order valence-electron chi connectivity index (χ1n) is 5.91. The van der Waals surface area contributed by atoms with Crippen LogP contribution in [-0.2, 0) is 0 Å². The fraction of sp³-hybridized carbons (Fsp3) is 1.00. The van der Waals surface area contributed by atoms with Crippen LogP contribution in [0, 0.1) is 17.8 Å². The van der Waals surface area contributed by atoms with Crippen molar-refractivity contribution >= 4 is 0 Å². The summed E-state index contributed by atoms with van der Waals surface area (Å²) in [6.07, 6.45) is 8.40. The molecule has 13 heavy (non-hydrogen) atoms. The molecule has 2 saturated carbocycles. The highest BCUT2D eigenvalue weighted by Gasteiger charge is 2.51. The number of hydrogen-bond acceptors (Lipinski definition) is 1. The molecule has 2 N–H and O–H groups in total. The first-order chi connectivity index (χ1) is 6.12. The van der Waals surface area contributed by atoms with Gasteiger partial charge in [0.25, 0.3) is 0 Å². The summed E-state index contributed by atoms with van der Waals surface area (Å²) in [6.45, 7) is 4.62. The maximum atomic E-state index is 6.32. The summed E-state index contributed by atoms with van der Waals surface area (Å²) in [7, 11) is 0. The number of rotatable bonds is 4. The van der Waals surface area contributed by atoms with Crippen molar-refractivity contribution in [2.75, 3.05) is 0 Å². The van der Waals surface area contributed by atoms with Gasteiger partial charge in [0.2, 0.25) is 0 Å². The zero-order valence-electron chi connectivity index (χ0n) is 9.05. The predicted molar refractivity (Wildman–Crippen MR) is 56.4 cm³/mol. The molecule has 0 aromatic heterocycles. The molecule has 0 heterocycles. The Morgan fingerprint density at radius 3 is 2.46 bits per heavy atom. The van der Waals surface area contributed by atoms with Gasteiger partial charge < -0.3 is 5.73 Å². The Labute approximate surface area is 82.1 Å². The Morgan fingerprint density at radius 1 is 1.38 bits per heavy atom. The molecule has 76 valence electrons. The van der Waals surface area contributed by atoms with Crippen LogP contribution in [0.2, 0.25) is 0 Å². The number of hydrogen-bond donors (Lipinski definition) is 1. The summed E-state index contributed by atoms with van der Waals surface area (Å²) in [4.78, 5) is 0. The second-order valence-electron chi connectivity index (χ2n) is 5.62. The quantitative estimate of drug-likeness (QED) is 0.709. The molecule has 2 aliphatic carbocycles. The molecule has 0 amide bonds. The molecule has 0 bridgehead atoms. The minimum Gasteiger partial charge on any atom is -0.325 e. The van der Waals surface area contributed by atoms with E-state index in [4.69, 9.17) is 5.73 Å². The Kier molecular flexibility index (Phi) is 2.39. The van der Waals surface area contributed by atoms with E-state index in [1.165, 1.54) is 38.5 Å². The van der Waals surface area contributed by atoms with Crippen molar-refractivity contribution in [2.24, 2.45) is 23.5 Å². The van der Waals surface area contributed by atoms with Crippen LogP contribution < -0.4 is 5.73 Å². The lowest BCUT2D eigenvalue weighted by Gasteiger charge is -2.27. The first-order valence-corrected chi connectivity index (χ1v) is 5.91. The van der Waals surface area contributed by atoms with Crippen LogP contribution >= 0.6 is 0 Å². The van der Waals surface area contributed by atoms with E-state index in [9.17, 15) is 0 Å². The third-order valence-corrected chi connectivity index (χ3v) is 4.23. The summed E-state index contributed by atoms with van der Waals surface area (Å²) in [5, 5.41) is 0. The summed E-state index contributed by atoms with van der Waals surface area (Å²) >= 11 is 0. The smallest absolute Gasteiger partial charge is 0.0189 e. The van der Waals surface area contributed by atoms with E-state index in [0.29, 0.717) is 0 Å². The molecule has 1 nitrogen and oxygen atoms in total. The van der Waals surface area contributed by atoms with Gasteiger partial charge in [-0.3, -0.25) is 0 Å². The fourth-order valence-electron chi connectivity index (χ4n) is 2.79. The van der Waals surface area contributed by atoms with Crippen molar-refractivity contribution in [3.8, 4) is 0 Å².